The smallest absolute Gasteiger partial charge is 0.265 e. The maximum atomic E-state index is 12.5. The molecule has 0 spiro atoms. The Kier molecular flexibility index (Phi) is 6.89. The average Bonchev–Trinajstić information content (AvgIpc) is 3.38. The van der Waals surface area contributed by atoms with Crippen LogP contribution in [0.4, 0.5) is 5.69 Å². The average molecular weight is 444 g/mol. The number of anilines is 1. The van der Waals surface area contributed by atoms with Crippen LogP contribution in [0.25, 0.3) is 0 Å². The summed E-state index contributed by atoms with van der Waals surface area (Å²) in [6, 6.07) is 23.9. The minimum atomic E-state index is -0.204. The van der Waals surface area contributed by atoms with E-state index in [2.05, 4.69) is 15.6 Å². The minimum Gasteiger partial charge on any atom is -0.473 e. The van der Waals surface area contributed by atoms with Gasteiger partial charge in [0, 0.05) is 30.1 Å². The van der Waals surface area contributed by atoms with Crippen LogP contribution in [0.5, 0.6) is 5.88 Å². The molecule has 160 valence electrons. The quantitative estimate of drug-likeness (QED) is 0.406. The fourth-order valence-corrected chi connectivity index (χ4v) is 3.58. The summed E-state index contributed by atoms with van der Waals surface area (Å²) in [4.78, 5) is 29.5. The van der Waals surface area contributed by atoms with Gasteiger partial charge in [-0.2, -0.15) is 0 Å². The molecule has 0 radical (unpaired) electrons. The van der Waals surface area contributed by atoms with Crippen LogP contribution in [0.15, 0.2) is 90.4 Å². The summed E-state index contributed by atoms with van der Waals surface area (Å²) in [7, 11) is 0. The van der Waals surface area contributed by atoms with Gasteiger partial charge in [0.05, 0.1) is 4.88 Å². The van der Waals surface area contributed by atoms with E-state index in [9.17, 15) is 9.59 Å². The summed E-state index contributed by atoms with van der Waals surface area (Å²) < 4.78 is 5.74. The molecule has 2 N–H and O–H groups in total. The van der Waals surface area contributed by atoms with Crippen molar-refractivity contribution in [3.8, 4) is 5.88 Å². The number of ether oxygens (including phenoxy) is 1. The van der Waals surface area contributed by atoms with Gasteiger partial charge in [0.25, 0.3) is 11.8 Å². The van der Waals surface area contributed by atoms with E-state index in [0.29, 0.717) is 35.2 Å². The molecule has 0 saturated carbocycles. The molecule has 0 bridgehead atoms. The Bertz CT molecular complexity index is 1180. The van der Waals surface area contributed by atoms with Crippen molar-refractivity contribution in [2.24, 2.45) is 0 Å². The monoisotopic (exact) mass is 443 g/mol. The minimum absolute atomic E-state index is 0.167. The SMILES string of the molecule is O=C(NCc1ccnc(OCc2ccccc2)c1)c1ccc(NC(=O)c2cccs2)cc1. The van der Waals surface area contributed by atoms with Crippen molar-refractivity contribution < 1.29 is 14.3 Å². The zero-order chi connectivity index (χ0) is 22.2. The van der Waals surface area contributed by atoms with Gasteiger partial charge >= 0.3 is 0 Å². The highest BCUT2D eigenvalue weighted by atomic mass is 32.1. The van der Waals surface area contributed by atoms with Crippen LogP contribution in [-0.2, 0) is 13.2 Å². The summed E-state index contributed by atoms with van der Waals surface area (Å²) in [6.45, 7) is 0.777. The molecule has 2 heterocycles. The predicted molar refractivity (Wildman–Crippen MR) is 125 cm³/mol. The number of amides is 2. The Hall–Kier alpha value is -3.97. The summed E-state index contributed by atoms with van der Waals surface area (Å²) in [6.07, 6.45) is 1.66. The molecule has 0 atom stereocenters. The molecule has 2 aromatic heterocycles. The summed E-state index contributed by atoms with van der Waals surface area (Å²) in [5.41, 5.74) is 3.09. The van der Waals surface area contributed by atoms with E-state index >= 15 is 0 Å². The second-order valence-corrected chi connectivity index (χ2v) is 7.92. The van der Waals surface area contributed by atoms with Crippen LogP contribution in [0, 0.1) is 0 Å². The molecule has 2 amide bonds. The molecular formula is C25H21N3O3S. The molecule has 0 fully saturated rings. The number of benzene rings is 2. The number of carbonyl (C=O) groups excluding carboxylic acids is 2. The molecule has 0 aliphatic carbocycles. The van der Waals surface area contributed by atoms with Crippen molar-refractivity contribution in [2.75, 3.05) is 5.32 Å². The number of carbonyl (C=O) groups is 2. The van der Waals surface area contributed by atoms with Gasteiger partial charge in [0.1, 0.15) is 6.61 Å². The third-order valence-corrected chi connectivity index (χ3v) is 5.50. The van der Waals surface area contributed by atoms with Crippen LogP contribution in [0.2, 0.25) is 0 Å². The molecule has 0 saturated heterocycles. The normalized spacial score (nSPS) is 10.4. The lowest BCUT2D eigenvalue weighted by Crippen LogP contribution is -2.22. The number of aromatic nitrogens is 1. The maximum Gasteiger partial charge on any atom is 0.265 e. The van der Waals surface area contributed by atoms with Crippen molar-refractivity contribution in [1.82, 2.24) is 10.3 Å². The zero-order valence-electron chi connectivity index (χ0n) is 17.2. The molecule has 0 aliphatic rings. The first-order valence-corrected chi connectivity index (χ1v) is 10.9. The van der Waals surface area contributed by atoms with Crippen molar-refractivity contribution in [3.63, 3.8) is 0 Å². The van der Waals surface area contributed by atoms with Crippen molar-refractivity contribution in [2.45, 2.75) is 13.2 Å². The Morgan fingerprint density at radius 2 is 1.69 bits per heavy atom. The first-order chi connectivity index (χ1) is 15.7. The van der Waals surface area contributed by atoms with Gasteiger partial charge in [-0.3, -0.25) is 9.59 Å². The molecule has 6 nitrogen and oxygen atoms in total. The first kappa shape index (κ1) is 21.3. The molecule has 0 unspecified atom stereocenters. The Morgan fingerprint density at radius 3 is 2.44 bits per heavy atom. The lowest BCUT2D eigenvalue weighted by atomic mass is 10.2. The molecule has 2 aromatic carbocycles. The lowest BCUT2D eigenvalue weighted by molar-refractivity contribution is 0.0950. The van der Waals surface area contributed by atoms with Gasteiger partial charge in [-0.25, -0.2) is 4.98 Å². The van der Waals surface area contributed by atoms with Crippen LogP contribution in [0.1, 0.15) is 31.2 Å². The molecular weight excluding hydrogens is 422 g/mol. The van der Waals surface area contributed by atoms with Crippen LogP contribution in [0.3, 0.4) is 0 Å². The van der Waals surface area contributed by atoms with Crippen LogP contribution < -0.4 is 15.4 Å². The number of hydrogen-bond acceptors (Lipinski definition) is 5. The topological polar surface area (TPSA) is 80.3 Å². The van der Waals surface area contributed by atoms with Gasteiger partial charge in [-0.1, -0.05) is 36.4 Å². The largest absolute Gasteiger partial charge is 0.473 e. The van der Waals surface area contributed by atoms with Crippen LogP contribution >= 0.6 is 11.3 Å². The van der Waals surface area contributed by atoms with E-state index in [-0.39, 0.29) is 11.8 Å². The molecule has 7 heteroatoms. The number of thiophene rings is 1. The summed E-state index contributed by atoms with van der Waals surface area (Å²) in [5, 5.41) is 7.56. The third kappa shape index (κ3) is 5.80. The highest BCUT2D eigenvalue weighted by Gasteiger charge is 2.09. The van der Waals surface area contributed by atoms with E-state index in [0.717, 1.165) is 11.1 Å². The Morgan fingerprint density at radius 1 is 0.875 bits per heavy atom. The fraction of sp³-hybridized carbons (Fsp3) is 0.0800. The van der Waals surface area contributed by atoms with Gasteiger partial charge in [-0.05, 0) is 52.9 Å². The molecule has 4 aromatic rings. The fourth-order valence-electron chi connectivity index (χ4n) is 2.96. The number of hydrogen-bond donors (Lipinski definition) is 2. The molecule has 0 aliphatic heterocycles. The van der Waals surface area contributed by atoms with Crippen molar-refractivity contribution in [1.29, 1.82) is 0 Å². The summed E-state index contributed by atoms with van der Waals surface area (Å²) in [5.74, 6) is 0.135. The maximum absolute atomic E-state index is 12.5. The molecule has 32 heavy (non-hydrogen) atoms. The van der Waals surface area contributed by atoms with Crippen molar-refractivity contribution in [3.05, 3.63) is 112 Å². The second kappa shape index (κ2) is 10.4. The number of pyridine rings is 1. The third-order valence-electron chi connectivity index (χ3n) is 4.63. The standard InChI is InChI=1S/C25H21N3O3S/c29-24(20-8-10-21(11-9-20)28-25(30)22-7-4-14-32-22)27-16-19-12-13-26-23(15-19)31-17-18-5-2-1-3-6-18/h1-15H,16-17H2,(H,27,29)(H,28,30). The van der Waals surface area contributed by atoms with Gasteiger partial charge in [-0.15, -0.1) is 11.3 Å². The van der Waals surface area contributed by atoms with Gasteiger partial charge < -0.3 is 15.4 Å². The predicted octanol–water partition coefficient (Wildman–Crippen LogP) is 4.90. The van der Waals surface area contributed by atoms with E-state index < -0.39 is 0 Å². The lowest BCUT2D eigenvalue weighted by Gasteiger charge is -2.09. The Balaban J connectivity index is 1.29. The van der Waals surface area contributed by atoms with Crippen LogP contribution in [-0.4, -0.2) is 16.8 Å². The highest BCUT2D eigenvalue weighted by Crippen LogP contribution is 2.15. The number of rotatable bonds is 8. The number of nitrogens with one attached hydrogen (secondary N) is 2. The second-order valence-electron chi connectivity index (χ2n) is 6.97. The highest BCUT2D eigenvalue weighted by molar-refractivity contribution is 7.12. The van der Waals surface area contributed by atoms with Gasteiger partial charge in [0.15, 0.2) is 0 Å². The van der Waals surface area contributed by atoms with E-state index in [1.165, 1.54) is 11.3 Å². The van der Waals surface area contributed by atoms with Gasteiger partial charge in [0.2, 0.25) is 5.88 Å². The number of nitrogens with zero attached hydrogens (tertiary/aromatic N) is 1. The van der Waals surface area contributed by atoms with E-state index in [1.807, 2.05) is 53.9 Å². The first-order valence-electron chi connectivity index (χ1n) is 10.0. The Labute approximate surface area is 189 Å². The zero-order valence-corrected chi connectivity index (χ0v) is 18.0. The molecule has 4 rings (SSSR count). The summed E-state index contributed by atoms with van der Waals surface area (Å²) >= 11 is 1.38. The van der Waals surface area contributed by atoms with E-state index in [1.54, 1.807) is 36.5 Å². The van der Waals surface area contributed by atoms with E-state index in [4.69, 9.17) is 4.74 Å². The van der Waals surface area contributed by atoms with Crippen molar-refractivity contribution >= 4 is 28.8 Å².